The molecule has 0 amide bonds. The fourth-order valence-electron chi connectivity index (χ4n) is 5.24. The number of aromatic nitrogens is 1. The lowest BCUT2D eigenvalue weighted by Crippen LogP contribution is -2.47. The third kappa shape index (κ3) is 7.94. The Kier molecular flexibility index (Phi) is 11.0. The Morgan fingerprint density at radius 1 is 1.24 bits per heavy atom. The molecule has 7 nitrogen and oxygen atoms in total. The number of hydrogen-bond donors (Lipinski definition) is 2. The predicted octanol–water partition coefficient (Wildman–Crippen LogP) is 5.20. The number of nitrogens with zero attached hydrogens (tertiary/aromatic N) is 1. The molecule has 0 spiro atoms. The van der Waals surface area contributed by atoms with E-state index in [1.54, 1.807) is 25.2 Å². The fraction of sp³-hybridized carbons (Fsp3) is 0.633. The molecule has 2 aliphatic rings. The van der Waals surface area contributed by atoms with Gasteiger partial charge in [0.2, 0.25) is 0 Å². The summed E-state index contributed by atoms with van der Waals surface area (Å²) in [6, 6.07) is 0. The molecule has 2 aliphatic heterocycles. The Balaban J connectivity index is 2.02. The molecule has 0 aromatic carbocycles. The van der Waals surface area contributed by atoms with Crippen LogP contribution in [0.1, 0.15) is 76.9 Å². The van der Waals surface area contributed by atoms with E-state index < -0.39 is 35.6 Å². The van der Waals surface area contributed by atoms with E-state index in [-0.39, 0.29) is 24.5 Å². The van der Waals surface area contributed by atoms with Crippen LogP contribution in [-0.4, -0.2) is 58.5 Å². The smallest absolute Gasteiger partial charge is 0.309 e. The topological polar surface area (TPSA) is 106 Å². The monoisotopic (exact) mass is 545 g/mol. The molecule has 0 radical (unpaired) electrons. The summed E-state index contributed by atoms with van der Waals surface area (Å²) in [5, 5.41) is 25.2. The maximum atomic E-state index is 13.7. The molecule has 8 heteroatoms. The minimum Gasteiger partial charge on any atom is -0.457 e. The first kappa shape index (κ1) is 30.4. The first-order valence-electron chi connectivity index (χ1n) is 13.6. The number of fused-ring (bicyclic) bond motifs is 6. The first-order valence-corrected chi connectivity index (χ1v) is 14.5. The van der Waals surface area contributed by atoms with Crippen molar-refractivity contribution in [1.82, 2.24) is 4.98 Å². The van der Waals surface area contributed by atoms with E-state index in [1.165, 1.54) is 0 Å². The van der Waals surface area contributed by atoms with Gasteiger partial charge in [-0.2, -0.15) is 0 Å². The average molecular weight is 546 g/mol. The number of rotatable bonds is 2. The van der Waals surface area contributed by atoms with E-state index in [4.69, 9.17) is 9.47 Å². The molecule has 210 valence electrons. The Labute approximate surface area is 230 Å². The highest BCUT2D eigenvalue weighted by atomic mass is 32.1. The summed E-state index contributed by atoms with van der Waals surface area (Å²) >= 11 is 1.56. The van der Waals surface area contributed by atoms with Crippen LogP contribution in [0, 0.1) is 24.2 Å². The van der Waals surface area contributed by atoms with Gasteiger partial charge in [-0.3, -0.25) is 9.59 Å². The van der Waals surface area contributed by atoms with Gasteiger partial charge < -0.3 is 19.7 Å². The van der Waals surface area contributed by atoms with Crippen molar-refractivity contribution in [3.05, 3.63) is 45.5 Å². The first-order chi connectivity index (χ1) is 18.0. The SMILES string of the molecule is C/C(=C\c1csc(C)n1)[C@@H]1C/C=C2\CCC[C@H](C)[C@H](O)[C@@H](C)C(=O)[C@](C)(C/C=C\COC2)[C@@H](O)CC(=O)O1. The Hall–Kier alpha value is -2.13. The quantitative estimate of drug-likeness (QED) is 0.388. The number of cyclic esters (lactones) is 1. The van der Waals surface area contributed by atoms with Crippen LogP contribution in [0.4, 0.5) is 0 Å². The molecule has 38 heavy (non-hydrogen) atoms. The van der Waals surface area contributed by atoms with Crippen molar-refractivity contribution >= 4 is 29.2 Å². The maximum absolute atomic E-state index is 13.7. The number of carbonyl (C=O) groups is 2. The Bertz CT molecular complexity index is 1060. The van der Waals surface area contributed by atoms with Gasteiger partial charge >= 0.3 is 5.97 Å². The van der Waals surface area contributed by atoms with Crippen molar-refractivity contribution in [3.8, 4) is 0 Å². The maximum Gasteiger partial charge on any atom is 0.309 e. The van der Waals surface area contributed by atoms with Crippen molar-refractivity contribution in [2.45, 2.75) is 91.5 Å². The third-order valence-corrected chi connectivity index (χ3v) is 8.74. The molecule has 3 rings (SSSR count). The van der Waals surface area contributed by atoms with Crippen molar-refractivity contribution in [2.75, 3.05) is 13.2 Å². The largest absolute Gasteiger partial charge is 0.457 e. The zero-order chi connectivity index (χ0) is 27.9. The summed E-state index contributed by atoms with van der Waals surface area (Å²) < 4.78 is 11.8. The van der Waals surface area contributed by atoms with Gasteiger partial charge in [-0.05, 0) is 69.6 Å². The lowest BCUT2D eigenvalue weighted by molar-refractivity contribution is -0.154. The molecule has 6 atom stereocenters. The molecule has 0 aliphatic carbocycles. The number of thiazole rings is 1. The zero-order valence-corrected chi connectivity index (χ0v) is 24.1. The van der Waals surface area contributed by atoms with Gasteiger partial charge in [0.05, 0.1) is 48.0 Å². The van der Waals surface area contributed by atoms with Crippen LogP contribution in [0.3, 0.4) is 0 Å². The second kappa shape index (κ2) is 13.8. The van der Waals surface area contributed by atoms with Crippen molar-refractivity contribution in [1.29, 1.82) is 0 Å². The molecule has 0 fully saturated rings. The van der Waals surface area contributed by atoms with E-state index in [2.05, 4.69) is 11.1 Å². The van der Waals surface area contributed by atoms with Gasteiger partial charge in [0.25, 0.3) is 0 Å². The zero-order valence-electron chi connectivity index (χ0n) is 23.3. The minimum atomic E-state index is -1.27. The molecule has 1 aromatic heterocycles. The lowest BCUT2D eigenvalue weighted by atomic mass is 9.69. The molecular formula is C30H43NO6S. The van der Waals surface area contributed by atoms with Crippen LogP contribution in [0.15, 0.2) is 34.8 Å². The summed E-state index contributed by atoms with van der Waals surface area (Å²) in [6.45, 7) is 10.1. The number of aliphatic hydroxyl groups is 2. The van der Waals surface area contributed by atoms with Gasteiger partial charge in [-0.15, -0.1) is 11.3 Å². The van der Waals surface area contributed by atoms with Crippen molar-refractivity contribution in [2.24, 2.45) is 17.3 Å². The second-order valence-corrected chi connectivity index (χ2v) is 12.2. The second-order valence-electron chi connectivity index (χ2n) is 11.1. The number of ether oxygens (including phenoxy) is 2. The number of ketones is 1. The van der Waals surface area contributed by atoms with E-state index >= 15 is 0 Å². The van der Waals surface area contributed by atoms with Gasteiger partial charge in [0.15, 0.2) is 0 Å². The van der Waals surface area contributed by atoms with E-state index in [1.807, 2.05) is 44.4 Å². The molecule has 0 saturated carbocycles. The summed E-state index contributed by atoms with van der Waals surface area (Å²) in [6.07, 6.45) is 7.80. The van der Waals surface area contributed by atoms with Crippen LogP contribution in [0.5, 0.6) is 0 Å². The van der Waals surface area contributed by atoms with Gasteiger partial charge in [0.1, 0.15) is 11.9 Å². The summed E-state index contributed by atoms with van der Waals surface area (Å²) in [7, 11) is 0. The lowest BCUT2D eigenvalue weighted by Gasteiger charge is -2.36. The molecule has 2 bridgehead atoms. The number of carbonyl (C=O) groups excluding carboxylic acids is 2. The standard InChI is InChI=1S/C30H43NO6S/c1-19-9-8-10-23-11-12-25(20(2)15-24-18-38-22(4)31-24)37-27(33)16-26(32)30(5,13-6-7-14-36-17-23)29(35)21(3)28(19)34/h6-7,11,15,18-19,21,25-26,28,32,34H,8-10,12-14,16-17H2,1-5H3/b7-6-,20-15+,23-11+/t19-,21+,25-,26-,28-,30+/m0/s1. The van der Waals surface area contributed by atoms with Gasteiger partial charge in [-0.1, -0.05) is 32.1 Å². The molecule has 1 aromatic rings. The van der Waals surface area contributed by atoms with E-state index in [9.17, 15) is 19.8 Å². The van der Waals surface area contributed by atoms with Gasteiger partial charge in [-0.25, -0.2) is 4.98 Å². The van der Waals surface area contributed by atoms with Crippen LogP contribution >= 0.6 is 11.3 Å². The average Bonchev–Trinajstić information content (AvgIpc) is 3.28. The minimum absolute atomic E-state index is 0.0875. The Morgan fingerprint density at radius 3 is 2.71 bits per heavy atom. The normalized spacial score (nSPS) is 35.3. The Morgan fingerprint density at radius 2 is 2.00 bits per heavy atom. The summed E-state index contributed by atoms with van der Waals surface area (Å²) in [4.78, 5) is 31.4. The van der Waals surface area contributed by atoms with Crippen LogP contribution < -0.4 is 0 Å². The molecule has 3 heterocycles. The van der Waals surface area contributed by atoms with Crippen LogP contribution in [0.2, 0.25) is 0 Å². The molecule has 2 N–H and O–H groups in total. The highest BCUT2D eigenvalue weighted by Crippen LogP contribution is 2.36. The summed E-state index contributed by atoms with van der Waals surface area (Å²) in [5.74, 6) is -1.59. The number of esters is 1. The van der Waals surface area contributed by atoms with E-state index in [0.29, 0.717) is 19.6 Å². The summed E-state index contributed by atoms with van der Waals surface area (Å²) in [5.41, 5.74) is 1.51. The van der Waals surface area contributed by atoms with Crippen LogP contribution in [-0.2, 0) is 19.1 Å². The van der Waals surface area contributed by atoms with Crippen LogP contribution in [0.25, 0.3) is 6.08 Å². The molecule has 0 saturated heterocycles. The molecular weight excluding hydrogens is 502 g/mol. The number of Topliss-reactive ketones (excluding diaryl/α,β-unsaturated/α-hetero) is 1. The highest BCUT2D eigenvalue weighted by Gasteiger charge is 2.45. The van der Waals surface area contributed by atoms with Crippen molar-refractivity contribution < 1.29 is 29.3 Å². The number of aryl methyl sites for hydroxylation is 1. The third-order valence-electron chi connectivity index (χ3n) is 7.95. The van der Waals surface area contributed by atoms with E-state index in [0.717, 1.165) is 41.1 Å². The fourth-order valence-corrected chi connectivity index (χ4v) is 5.81. The number of hydrogen-bond acceptors (Lipinski definition) is 8. The highest BCUT2D eigenvalue weighted by molar-refractivity contribution is 7.09. The number of allylic oxidation sites excluding steroid dienone is 1. The van der Waals surface area contributed by atoms with Gasteiger partial charge in [0, 0.05) is 17.7 Å². The van der Waals surface area contributed by atoms with Crippen molar-refractivity contribution in [3.63, 3.8) is 0 Å². The molecule has 0 unspecified atom stereocenters. The predicted molar refractivity (Wildman–Crippen MR) is 150 cm³/mol. The number of aliphatic hydroxyl groups excluding tert-OH is 2.